The molecule has 0 saturated heterocycles. The Morgan fingerprint density at radius 3 is 2.33 bits per heavy atom. The number of hydrogen-bond donors (Lipinski definition) is 2. The van der Waals surface area contributed by atoms with Crippen LogP contribution in [0.2, 0.25) is 0 Å². The van der Waals surface area contributed by atoms with Crippen LogP contribution in [-0.2, 0) is 4.79 Å². The Bertz CT molecular complexity index is 279. The average molecular weight is 165 g/mol. The van der Waals surface area contributed by atoms with Crippen LogP contribution in [0.1, 0.15) is 17.2 Å². The van der Waals surface area contributed by atoms with Crippen LogP contribution in [0, 0.1) is 6.92 Å². The minimum atomic E-state index is -0.439. The third-order valence-corrected chi connectivity index (χ3v) is 1.82. The SMILES string of the molecule is Cc1ccc(C([NH3+])C(N)=O)cc1. The first-order chi connectivity index (χ1) is 5.61. The van der Waals surface area contributed by atoms with Crippen LogP contribution in [0.5, 0.6) is 0 Å². The summed E-state index contributed by atoms with van der Waals surface area (Å²) in [5, 5.41) is 0. The maximum Gasteiger partial charge on any atom is 0.280 e. The minimum absolute atomic E-state index is 0.390. The van der Waals surface area contributed by atoms with Gasteiger partial charge in [0, 0.05) is 5.56 Å². The highest BCUT2D eigenvalue weighted by molar-refractivity contribution is 5.79. The highest BCUT2D eigenvalue weighted by atomic mass is 16.1. The molecule has 0 aromatic heterocycles. The fourth-order valence-corrected chi connectivity index (χ4v) is 0.963. The van der Waals surface area contributed by atoms with E-state index in [1.54, 1.807) is 0 Å². The molecular weight excluding hydrogens is 152 g/mol. The molecule has 3 nitrogen and oxygen atoms in total. The molecule has 1 aromatic rings. The molecule has 1 aromatic carbocycles. The van der Waals surface area contributed by atoms with Gasteiger partial charge in [0.05, 0.1) is 0 Å². The summed E-state index contributed by atoms with van der Waals surface area (Å²) in [6.07, 6.45) is 0. The minimum Gasteiger partial charge on any atom is -0.364 e. The van der Waals surface area contributed by atoms with Crippen LogP contribution >= 0.6 is 0 Å². The maximum absolute atomic E-state index is 10.7. The molecule has 0 aliphatic carbocycles. The number of nitrogens with two attached hydrogens (primary N) is 1. The molecule has 0 fully saturated rings. The number of carbonyl (C=O) groups excluding carboxylic acids is 1. The summed E-state index contributed by atoms with van der Waals surface area (Å²) in [7, 11) is 0. The van der Waals surface area contributed by atoms with Crippen molar-refractivity contribution in [3.63, 3.8) is 0 Å². The van der Waals surface area contributed by atoms with Gasteiger partial charge in [0.1, 0.15) is 0 Å². The Hall–Kier alpha value is -1.35. The summed E-state index contributed by atoms with van der Waals surface area (Å²) in [5.74, 6) is -0.390. The smallest absolute Gasteiger partial charge is 0.280 e. The van der Waals surface area contributed by atoms with Crippen LogP contribution in [-0.4, -0.2) is 5.91 Å². The van der Waals surface area contributed by atoms with Gasteiger partial charge >= 0.3 is 0 Å². The van der Waals surface area contributed by atoms with E-state index in [4.69, 9.17) is 5.73 Å². The van der Waals surface area contributed by atoms with Crippen molar-refractivity contribution in [2.75, 3.05) is 0 Å². The Kier molecular flexibility index (Phi) is 2.45. The fraction of sp³-hybridized carbons (Fsp3) is 0.222. The summed E-state index contributed by atoms with van der Waals surface area (Å²) in [6.45, 7) is 1.99. The van der Waals surface area contributed by atoms with E-state index in [0.717, 1.165) is 11.1 Å². The first-order valence-electron chi connectivity index (χ1n) is 3.80. The lowest BCUT2D eigenvalue weighted by Crippen LogP contribution is -2.59. The predicted octanol–water partition coefficient (Wildman–Crippen LogP) is -0.237. The molecule has 1 unspecified atom stereocenters. The molecule has 3 heteroatoms. The van der Waals surface area contributed by atoms with Crippen LogP contribution < -0.4 is 11.5 Å². The van der Waals surface area contributed by atoms with E-state index in [1.165, 1.54) is 0 Å². The van der Waals surface area contributed by atoms with Crippen molar-refractivity contribution >= 4 is 5.91 Å². The number of benzene rings is 1. The lowest BCUT2D eigenvalue weighted by atomic mass is 10.1. The second-order valence-corrected chi connectivity index (χ2v) is 2.87. The lowest BCUT2D eigenvalue weighted by molar-refractivity contribution is -0.409. The molecule has 0 bridgehead atoms. The number of carbonyl (C=O) groups is 1. The number of hydrogen-bond acceptors (Lipinski definition) is 1. The predicted molar refractivity (Wildman–Crippen MR) is 46.0 cm³/mol. The zero-order chi connectivity index (χ0) is 9.14. The van der Waals surface area contributed by atoms with Crippen molar-refractivity contribution < 1.29 is 10.5 Å². The molecule has 0 aliphatic heterocycles. The van der Waals surface area contributed by atoms with Gasteiger partial charge in [0.2, 0.25) is 0 Å². The van der Waals surface area contributed by atoms with Gasteiger partial charge in [0.25, 0.3) is 5.91 Å². The van der Waals surface area contributed by atoms with Crippen molar-refractivity contribution in [2.45, 2.75) is 13.0 Å². The van der Waals surface area contributed by atoms with Crippen molar-refractivity contribution in [1.29, 1.82) is 0 Å². The van der Waals surface area contributed by atoms with E-state index in [9.17, 15) is 4.79 Å². The molecule has 0 saturated carbocycles. The van der Waals surface area contributed by atoms with Gasteiger partial charge < -0.3 is 11.5 Å². The third-order valence-electron chi connectivity index (χ3n) is 1.82. The van der Waals surface area contributed by atoms with E-state index >= 15 is 0 Å². The Balaban J connectivity index is 2.89. The quantitative estimate of drug-likeness (QED) is 0.624. The van der Waals surface area contributed by atoms with E-state index in [1.807, 2.05) is 31.2 Å². The zero-order valence-corrected chi connectivity index (χ0v) is 7.08. The van der Waals surface area contributed by atoms with Crippen LogP contribution in [0.3, 0.4) is 0 Å². The summed E-state index contributed by atoms with van der Waals surface area (Å²) < 4.78 is 0. The Morgan fingerprint density at radius 1 is 1.42 bits per heavy atom. The molecule has 1 amide bonds. The van der Waals surface area contributed by atoms with Crippen molar-refractivity contribution in [3.05, 3.63) is 35.4 Å². The third kappa shape index (κ3) is 1.83. The van der Waals surface area contributed by atoms with Gasteiger partial charge in [-0.1, -0.05) is 29.8 Å². The largest absolute Gasteiger partial charge is 0.364 e. The van der Waals surface area contributed by atoms with Gasteiger partial charge in [-0.3, -0.25) is 4.79 Å². The van der Waals surface area contributed by atoms with Crippen LogP contribution in [0.4, 0.5) is 0 Å². The molecule has 1 atom stereocenters. The van der Waals surface area contributed by atoms with E-state index in [-0.39, 0.29) is 5.91 Å². The lowest BCUT2D eigenvalue weighted by Gasteiger charge is -2.03. The number of quaternary nitrogens is 1. The van der Waals surface area contributed by atoms with Crippen LogP contribution in [0.15, 0.2) is 24.3 Å². The molecule has 0 spiro atoms. The summed E-state index contributed by atoms with van der Waals surface area (Å²) in [5.41, 5.74) is 10.8. The molecule has 0 radical (unpaired) electrons. The molecule has 12 heavy (non-hydrogen) atoms. The molecule has 1 rings (SSSR count). The fourth-order valence-electron chi connectivity index (χ4n) is 0.963. The average Bonchev–Trinajstić information content (AvgIpc) is 2.04. The normalized spacial score (nSPS) is 12.5. The van der Waals surface area contributed by atoms with Gasteiger partial charge in [-0.2, -0.15) is 0 Å². The second kappa shape index (κ2) is 3.36. The van der Waals surface area contributed by atoms with Gasteiger partial charge in [-0.05, 0) is 6.92 Å². The van der Waals surface area contributed by atoms with Gasteiger partial charge in [-0.15, -0.1) is 0 Å². The first kappa shape index (κ1) is 8.74. The number of aryl methyl sites for hydroxylation is 1. The molecule has 64 valence electrons. The van der Waals surface area contributed by atoms with Crippen molar-refractivity contribution in [2.24, 2.45) is 5.73 Å². The maximum atomic E-state index is 10.7. The van der Waals surface area contributed by atoms with Crippen molar-refractivity contribution in [1.82, 2.24) is 0 Å². The number of primary amides is 1. The van der Waals surface area contributed by atoms with E-state index < -0.39 is 6.04 Å². The van der Waals surface area contributed by atoms with Crippen molar-refractivity contribution in [3.8, 4) is 0 Å². The van der Waals surface area contributed by atoms with E-state index in [0.29, 0.717) is 0 Å². The summed E-state index contributed by atoms with van der Waals surface area (Å²) in [4.78, 5) is 10.7. The standard InChI is InChI=1S/C9H12N2O/c1-6-2-4-7(5-3-6)8(10)9(11)12/h2-5,8H,10H2,1H3,(H2,11,12)/p+1. The number of rotatable bonds is 2. The zero-order valence-electron chi connectivity index (χ0n) is 7.08. The molecule has 0 heterocycles. The molecule has 5 N–H and O–H groups in total. The number of amides is 1. The monoisotopic (exact) mass is 165 g/mol. The topological polar surface area (TPSA) is 70.7 Å². The second-order valence-electron chi connectivity index (χ2n) is 2.87. The molecular formula is C9H13N2O+. The molecule has 0 aliphatic rings. The summed E-state index contributed by atoms with van der Waals surface area (Å²) in [6, 6.07) is 7.19. The first-order valence-corrected chi connectivity index (χ1v) is 3.80. The van der Waals surface area contributed by atoms with E-state index in [2.05, 4.69) is 5.73 Å². The Morgan fingerprint density at radius 2 is 1.92 bits per heavy atom. The van der Waals surface area contributed by atoms with Gasteiger partial charge in [0.15, 0.2) is 6.04 Å². The van der Waals surface area contributed by atoms with Gasteiger partial charge in [-0.25, -0.2) is 0 Å². The highest BCUT2D eigenvalue weighted by Gasteiger charge is 2.14. The van der Waals surface area contributed by atoms with Crippen LogP contribution in [0.25, 0.3) is 0 Å². The summed E-state index contributed by atoms with van der Waals surface area (Å²) >= 11 is 0. The highest BCUT2D eigenvalue weighted by Crippen LogP contribution is 2.08. The Labute approximate surface area is 71.4 Å².